The van der Waals surface area contributed by atoms with E-state index in [0.717, 1.165) is 5.69 Å². The monoisotopic (exact) mass is 247 g/mol. The van der Waals surface area contributed by atoms with E-state index in [1.54, 1.807) is 21.6 Å². The summed E-state index contributed by atoms with van der Waals surface area (Å²) in [5, 5.41) is 11.2. The molecule has 0 atom stereocenters. The van der Waals surface area contributed by atoms with Crippen LogP contribution in [-0.2, 0) is 11.3 Å². The molecule has 1 N–H and O–H groups in total. The van der Waals surface area contributed by atoms with Gasteiger partial charge in [0.15, 0.2) is 5.82 Å². The number of amides is 1. The third-order valence-electron chi connectivity index (χ3n) is 2.48. The molecule has 96 valence electrons. The Labute approximate surface area is 106 Å². The SMILES string of the molecule is Cc1ccn(CC(=O)Nc2ccn(C(C)C)n2)n1. The number of rotatable bonds is 4. The Balaban J connectivity index is 1.94. The van der Waals surface area contributed by atoms with E-state index in [1.807, 2.05) is 33.0 Å². The number of hydrogen-bond donors (Lipinski definition) is 1. The molecule has 6 heteroatoms. The van der Waals surface area contributed by atoms with Gasteiger partial charge in [-0.3, -0.25) is 14.2 Å². The largest absolute Gasteiger partial charge is 0.308 e. The highest BCUT2D eigenvalue weighted by Crippen LogP contribution is 2.08. The van der Waals surface area contributed by atoms with E-state index >= 15 is 0 Å². The fourth-order valence-corrected chi connectivity index (χ4v) is 1.57. The van der Waals surface area contributed by atoms with Gasteiger partial charge in [0.2, 0.25) is 5.91 Å². The van der Waals surface area contributed by atoms with Crippen LogP contribution in [0, 0.1) is 6.92 Å². The van der Waals surface area contributed by atoms with Crippen LogP contribution in [0.25, 0.3) is 0 Å². The van der Waals surface area contributed by atoms with Crippen LogP contribution < -0.4 is 5.32 Å². The molecule has 0 fully saturated rings. The summed E-state index contributed by atoms with van der Waals surface area (Å²) in [7, 11) is 0. The van der Waals surface area contributed by atoms with Gasteiger partial charge in [0.1, 0.15) is 6.54 Å². The van der Waals surface area contributed by atoms with E-state index in [9.17, 15) is 4.79 Å². The minimum absolute atomic E-state index is 0.132. The van der Waals surface area contributed by atoms with E-state index in [0.29, 0.717) is 5.82 Å². The maximum atomic E-state index is 11.7. The predicted molar refractivity (Wildman–Crippen MR) is 68.2 cm³/mol. The van der Waals surface area contributed by atoms with Crippen molar-refractivity contribution >= 4 is 11.7 Å². The van der Waals surface area contributed by atoms with Crippen LogP contribution >= 0.6 is 0 Å². The molecule has 18 heavy (non-hydrogen) atoms. The lowest BCUT2D eigenvalue weighted by Gasteiger charge is -2.04. The van der Waals surface area contributed by atoms with E-state index < -0.39 is 0 Å². The van der Waals surface area contributed by atoms with Crippen molar-refractivity contribution in [3.05, 3.63) is 30.2 Å². The highest BCUT2D eigenvalue weighted by atomic mass is 16.2. The fourth-order valence-electron chi connectivity index (χ4n) is 1.57. The van der Waals surface area contributed by atoms with Gasteiger partial charge in [-0.1, -0.05) is 0 Å². The molecule has 0 radical (unpaired) electrons. The topological polar surface area (TPSA) is 64.7 Å². The molecule has 6 nitrogen and oxygen atoms in total. The number of anilines is 1. The molecule has 0 unspecified atom stereocenters. The zero-order valence-electron chi connectivity index (χ0n) is 10.8. The van der Waals surface area contributed by atoms with Crippen LogP contribution in [0.5, 0.6) is 0 Å². The number of aryl methyl sites for hydroxylation is 1. The van der Waals surface area contributed by atoms with Gasteiger partial charge in [0, 0.05) is 24.5 Å². The zero-order valence-corrected chi connectivity index (χ0v) is 10.8. The van der Waals surface area contributed by atoms with E-state index in [1.165, 1.54) is 0 Å². The first kappa shape index (κ1) is 12.3. The molecule has 0 saturated heterocycles. The maximum Gasteiger partial charge on any atom is 0.247 e. The normalized spacial score (nSPS) is 10.9. The molecule has 0 aliphatic carbocycles. The van der Waals surface area contributed by atoms with Crippen molar-refractivity contribution < 1.29 is 4.79 Å². The summed E-state index contributed by atoms with van der Waals surface area (Å²) in [4.78, 5) is 11.7. The third-order valence-corrected chi connectivity index (χ3v) is 2.48. The molecular formula is C12H17N5O. The molecule has 0 aliphatic rings. The number of carbonyl (C=O) groups excluding carboxylic acids is 1. The zero-order chi connectivity index (χ0) is 13.1. The number of nitrogens with zero attached hydrogens (tertiary/aromatic N) is 4. The van der Waals surface area contributed by atoms with Gasteiger partial charge in [-0.2, -0.15) is 10.2 Å². The molecule has 2 aromatic heterocycles. The van der Waals surface area contributed by atoms with Crippen LogP contribution in [0.1, 0.15) is 25.6 Å². The first-order chi connectivity index (χ1) is 8.54. The molecule has 0 spiro atoms. The van der Waals surface area contributed by atoms with E-state index in [2.05, 4.69) is 15.5 Å². The number of hydrogen-bond acceptors (Lipinski definition) is 3. The number of aromatic nitrogens is 4. The summed E-state index contributed by atoms with van der Waals surface area (Å²) >= 11 is 0. The Morgan fingerprint density at radius 3 is 2.67 bits per heavy atom. The van der Waals surface area contributed by atoms with Gasteiger partial charge >= 0.3 is 0 Å². The lowest BCUT2D eigenvalue weighted by molar-refractivity contribution is -0.116. The van der Waals surface area contributed by atoms with Crippen LogP contribution in [0.2, 0.25) is 0 Å². The highest BCUT2D eigenvalue weighted by Gasteiger charge is 2.07. The minimum Gasteiger partial charge on any atom is -0.308 e. The molecule has 1 amide bonds. The van der Waals surface area contributed by atoms with Gasteiger partial charge in [0.05, 0.1) is 5.69 Å². The summed E-state index contributed by atoms with van der Waals surface area (Å²) < 4.78 is 3.40. The Morgan fingerprint density at radius 2 is 2.11 bits per heavy atom. The summed E-state index contributed by atoms with van der Waals surface area (Å²) in [6, 6.07) is 3.93. The first-order valence-electron chi connectivity index (χ1n) is 5.89. The van der Waals surface area contributed by atoms with Crippen LogP contribution in [0.3, 0.4) is 0 Å². The average molecular weight is 247 g/mol. The Hall–Kier alpha value is -2.11. The van der Waals surface area contributed by atoms with Crippen molar-refractivity contribution in [3.8, 4) is 0 Å². The average Bonchev–Trinajstić information content (AvgIpc) is 2.88. The standard InChI is InChI=1S/C12H17N5O/c1-9(2)17-7-5-11(15-17)13-12(18)8-16-6-4-10(3)14-16/h4-7,9H,8H2,1-3H3,(H,13,15,18). The van der Waals surface area contributed by atoms with Crippen LogP contribution in [-0.4, -0.2) is 25.5 Å². The van der Waals surface area contributed by atoms with Crippen molar-refractivity contribution in [2.24, 2.45) is 0 Å². The lowest BCUT2D eigenvalue weighted by atomic mass is 10.4. The Bertz CT molecular complexity index is 540. The summed E-state index contributed by atoms with van der Waals surface area (Å²) in [6.45, 7) is 6.15. The van der Waals surface area contributed by atoms with Gasteiger partial charge in [0.25, 0.3) is 0 Å². The summed E-state index contributed by atoms with van der Waals surface area (Å²) in [5.74, 6) is 0.435. The summed E-state index contributed by atoms with van der Waals surface area (Å²) in [6.07, 6.45) is 3.62. The van der Waals surface area contributed by atoms with Crippen molar-refractivity contribution in [1.82, 2.24) is 19.6 Å². The maximum absolute atomic E-state index is 11.7. The van der Waals surface area contributed by atoms with Crippen molar-refractivity contribution in [2.45, 2.75) is 33.4 Å². The smallest absolute Gasteiger partial charge is 0.247 e. The van der Waals surface area contributed by atoms with Gasteiger partial charge < -0.3 is 5.32 Å². The Kier molecular flexibility index (Phi) is 3.45. The van der Waals surface area contributed by atoms with E-state index in [-0.39, 0.29) is 18.5 Å². The Morgan fingerprint density at radius 1 is 1.33 bits per heavy atom. The lowest BCUT2D eigenvalue weighted by Crippen LogP contribution is -2.19. The molecule has 0 bridgehead atoms. The van der Waals surface area contributed by atoms with E-state index in [4.69, 9.17) is 0 Å². The number of carbonyl (C=O) groups is 1. The molecular weight excluding hydrogens is 230 g/mol. The number of nitrogens with one attached hydrogen (secondary N) is 1. The van der Waals surface area contributed by atoms with Crippen molar-refractivity contribution in [1.29, 1.82) is 0 Å². The summed E-state index contributed by atoms with van der Waals surface area (Å²) in [5.41, 5.74) is 0.895. The second-order valence-electron chi connectivity index (χ2n) is 4.48. The fraction of sp³-hybridized carbons (Fsp3) is 0.417. The second-order valence-corrected chi connectivity index (χ2v) is 4.48. The first-order valence-corrected chi connectivity index (χ1v) is 5.89. The minimum atomic E-state index is -0.132. The highest BCUT2D eigenvalue weighted by molar-refractivity contribution is 5.89. The van der Waals surface area contributed by atoms with Gasteiger partial charge in [-0.25, -0.2) is 0 Å². The van der Waals surface area contributed by atoms with Crippen LogP contribution in [0.4, 0.5) is 5.82 Å². The molecule has 0 aromatic carbocycles. The van der Waals surface area contributed by atoms with Gasteiger partial charge in [-0.15, -0.1) is 0 Å². The third kappa shape index (κ3) is 2.97. The van der Waals surface area contributed by atoms with Crippen LogP contribution in [0.15, 0.2) is 24.5 Å². The van der Waals surface area contributed by atoms with Crippen molar-refractivity contribution in [2.75, 3.05) is 5.32 Å². The molecule has 0 saturated carbocycles. The van der Waals surface area contributed by atoms with Crippen molar-refractivity contribution in [3.63, 3.8) is 0 Å². The predicted octanol–water partition coefficient (Wildman–Crippen LogP) is 1.61. The molecule has 2 rings (SSSR count). The molecule has 2 heterocycles. The molecule has 2 aromatic rings. The molecule has 0 aliphatic heterocycles. The quantitative estimate of drug-likeness (QED) is 0.892. The second kappa shape index (κ2) is 5.03. The van der Waals surface area contributed by atoms with Gasteiger partial charge in [-0.05, 0) is 26.8 Å².